The molecule has 208 valence electrons. The Labute approximate surface area is 245 Å². The quantitative estimate of drug-likeness (QED) is 0.368. The van der Waals surface area contributed by atoms with Crippen LogP contribution < -0.4 is 9.80 Å². The summed E-state index contributed by atoms with van der Waals surface area (Å²) in [5.41, 5.74) is 4.17. The molecule has 0 unspecified atom stereocenters. The van der Waals surface area contributed by atoms with Gasteiger partial charge in [-0.2, -0.15) is 4.99 Å². The van der Waals surface area contributed by atoms with E-state index >= 15 is 0 Å². The molecule has 6 nitrogen and oxygen atoms in total. The second-order valence-electron chi connectivity index (χ2n) is 10.9. The monoisotopic (exact) mass is 593 g/mol. The van der Waals surface area contributed by atoms with Crippen LogP contribution in [0.15, 0.2) is 83.9 Å². The van der Waals surface area contributed by atoms with Crippen LogP contribution in [0.25, 0.3) is 0 Å². The van der Waals surface area contributed by atoms with Gasteiger partial charge in [0.1, 0.15) is 0 Å². The lowest BCUT2D eigenvalue weighted by molar-refractivity contribution is -0.117. The van der Waals surface area contributed by atoms with Crippen LogP contribution in [0.2, 0.25) is 5.02 Å². The Morgan fingerprint density at radius 2 is 1.57 bits per heavy atom. The smallest absolute Gasteiger partial charge is 0.252 e. The molecule has 6 rings (SSSR count). The molecule has 9 heteroatoms. The molecular weight excluding hydrogens is 562 g/mol. The Bertz CT molecular complexity index is 1500. The predicted molar refractivity (Wildman–Crippen MR) is 165 cm³/mol. The van der Waals surface area contributed by atoms with Crippen LogP contribution in [0.5, 0.6) is 0 Å². The number of nitrogens with zero attached hydrogens (tertiary/aromatic N) is 3. The lowest BCUT2D eigenvalue weighted by atomic mass is 9.90. The van der Waals surface area contributed by atoms with Crippen molar-refractivity contribution in [3.8, 4) is 0 Å². The average molecular weight is 594 g/mol. The minimum absolute atomic E-state index is 0.0685. The zero-order valence-corrected chi connectivity index (χ0v) is 24.5. The standard InChI is InChI=1S/C31H32ClN3O3S2/c32-27-9-5-4-8-24(27)19-30(36)33-31-35(28-20-40(37,38)21-29(28)39-31)26-12-10-25(11-13-26)34-16-14-23(15-17-34)18-22-6-2-1-3-7-22/h1-13,23,28-29H,14-21H2/t28-,29+/m1/s1. The van der Waals surface area contributed by atoms with Crippen molar-refractivity contribution < 1.29 is 13.2 Å². The van der Waals surface area contributed by atoms with Crippen molar-refractivity contribution in [2.24, 2.45) is 10.9 Å². The van der Waals surface area contributed by atoms with Gasteiger partial charge in [0.2, 0.25) is 0 Å². The van der Waals surface area contributed by atoms with E-state index in [1.54, 1.807) is 6.07 Å². The van der Waals surface area contributed by atoms with Gasteiger partial charge in [-0.15, -0.1) is 0 Å². The summed E-state index contributed by atoms with van der Waals surface area (Å²) in [4.78, 5) is 21.8. The van der Waals surface area contributed by atoms with Crippen molar-refractivity contribution in [3.05, 3.63) is 95.0 Å². The van der Waals surface area contributed by atoms with E-state index in [0.29, 0.717) is 16.1 Å². The molecular formula is C31H32ClN3O3S2. The van der Waals surface area contributed by atoms with Crippen LogP contribution >= 0.6 is 23.4 Å². The van der Waals surface area contributed by atoms with Crippen molar-refractivity contribution in [2.75, 3.05) is 34.4 Å². The molecule has 3 aliphatic rings. The van der Waals surface area contributed by atoms with Crippen LogP contribution in [-0.4, -0.2) is 55.4 Å². The van der Waals surface area contributed by atoms with Crippen LogP contribution in [0.3, 0.4) is 0 Å². The van der Waals surface area contributed by atoms with Gasteiger partial charge >= 0.3 is 0 Å². The van der Waals surface area contributed by atoms with Gasteiger partial charge in [-0.05, 0) is 66.6 Å². The highest BCUT2D eigenvalue weighted by Gasteiger charge is 2.49. The number of piperidine rings is 1. The fourth-order valence-corrected chi connectivity index (χ4v) is 10.1. The molecule has 40 heavy (non-hydrogen) atoms. The number of anilines is 2. The Morgan fingerprint density at radius 1 is 0.900 bits per heavy atom. The van der Waals surface area contributed by atoms with Gasteiger partial charge in [-0.25, -0.2) is 8.42 Å². The molecule has 3 heterocycles. The molecule has 1 amide bonds. The molecule has 3 aromatic carbocycles. The number of aliphatic imine (C=N–C) groups is 1. The molecule has 3 aromatic rings. The summed E-state index contributed by atoms with van der Waals surface area (Å²) in [6.07, 6.45) is 3.55. The summed E-state index contributed by atoms with van der Waals surface area (Å²) in [5.74, 6) is 0.576. The van der Waals surface area contributed by atoms with E-state index in [-0.39, 0.29) is 35.1 Å². The summed E-state index contributed by atoms with van der Waals surface area (Å²) >= 11 is 7.65. The average Bonchev–Trinajstić information content (AvgIpc) is 3.41. The molecule has 2 atom stereocenters. The van der Waals surface area contributed by atoms with Gasteiger partial charge in [0.15, 0.2) is 15.0 Å². The van der Waals surface area contributed by atoms with Crippen LogP contribution in [-0.2, 0) is 27.5 Å². The molecule has 0 spiro atoms. The minimum atomic E-state index is -3.13. The highest BCUT2D eigenvalue weighted by atomic mass is 35.5. The van der Waals surface area contributed by atoms with Gasteiger partial charge in [0, 0.05) is 34.7 Å². The van der Waals surface area contributed by atoms with Gasteiger partial charge in [0.25, 0.3) is 5.91 Å². The first-order valence-electron chi connectivity index (χ1n) is 13.7. The fraction of sp³-hybridized carbons (Fsp3) is 0.355. The molecule has 0 radical (unpaired) electrons. The lowest BCUT2D eigenvalue weighted by Crippen LogP contribution is -2.38. The maximum Gasteiger partial charge on any atom is 0.252 e. The third kappa shape index (κ3) is 6.09. The van der Waals surface area contributed by atoms with E-state index in [4.69, 9.17) is 11.6 Å². The number of carbonyl (C=O) groups is 1. The van der Waals surface area contributed by atoms with Gasteiger partial charge in [0.05, 0.1) is 24.0 Å². The summed E-state index contributed by atoms with van der Waals surface area (Å²) in [6, 6.07) is 26.0. The topological polar surface area (TPSA) is 70.0 Å². The highest BCUT2D eigenvalue weighted by Crippen LogP contribution is 2.41. The van der Waals surface area contributed by atoms with Crippen molar-refractivity contribution in [2.45, 2.75) is 37.0 Å². The Balaban J connectivity index is 1.17. The first-order chi connectivity index (χ1) is 19.3. The maximum atomic E-state index is 12.9. The fourth-order valence-electron chi connectivity index (χ4n) is 5.98. The third-order valence-electron chi connectivity index (χ3n) is 8.06. The van der Waals surface area contributed by atoms with Gasteiger partial charge in [-0.3, -0.25) is 4.79 Å². The Morgan fingerprint density at radius 3 is 2.30 bits per heavy atom. The predicted octanol–water partition coefficient (Wildman–Crippen LogP) is 5.64. The number of thioether (sulfide) groups is 1. The zero-order chi connectivity index (χ0) is 27.7. The van der Waals surface area contributed by atoms with Crippen LogP contribution in [0.1, 0.15) is 24.0 Å². The molecule has 3 aliphatic heterocycles. The normalized spacial score (nSPS) is 23.5. The van der Waals surface area contributed by atoms with E-state index < -0.39 is 9.84 Å². The minimum Gasteiger partial charge on any atom is -0.372 e. The zero-order valence-electron chi connectivity index (χ0n) is 22.2. The van der Waals surface area contributed by atoms with E-state index in [9.17, 15) is 13.2 Å². The summed E-state index contributed by atoms with van der Waals surface area (Å²) in [6.45, 7) is 2.03. The van der Waals surface area contributed by atoms with Crippen LogP contribution in [0.4, 0.5) is 11.4 Å². The van der Waals surface area contributed by atoms with Crippen molar-refractivity contribution >= 4 is 55.6 Å². The first kappa shape index (κ1) is 27.4. The summed E-state index contributed by atoms with van der Waals surface area (Å²) in [7, 11) is -3.13. The number of benzene rings is 3. The highest BCUT2D eigenvalue weighted by molar-refractivity contribution is 8.16. The van der Waals surface area contributed by atoms with E-state index in [1.165, 1.54) is 17.3 Å². The number of rotatable bonds is 6. The number of halogens is 1. The molecule has 0 saturated carbocycles. The summed E-state index contributed by atoms with van der Waals surface area (Å²) < 4.78 is 24.9. The SMILES string of the molecule is O=C(Cc1ccccc1Cl)N=C1S[C@H]2CS(=O)(=O)C[C@H]2N1c1ccc(N2CCC(Cc3ccccc3)CC2)cc1. The number of fused-ring (bicyclic) bond motifs is 1. The third-order valence-corrected chi connectivity index (χ3v) is 11.6. The van der Waals surface area contributed by atoms with Crippen molar-refractivity contribution in [1.29, 1.82) is 0 Å². The largest absolute Gasteiger partial charge is 0.372 e. The number of hydrogen-bond acceptors (Lipinski definition) is 5. The number of carbonyl (C=O) groups excluding carboxylic acids is 1. The second-order valence-corrected chi connectivity index (χ2v) is 14.6. The number of amidine groups is 1. The van der Waals surface area contributed by atoms with Gasteiger partial charge < -0.3 is 9.80 Å². The van der Waals surface area contributed by atoms with Crippen LogP contribution in [0, 0.1) is 5.92 Å². The molecule has 3 fully saturated rings. The molecule has 0 N–H and O–H groups in total. The number of amides is 1. The van der Waals surface area contributed by atoms with Gasteiger partial charge in [-0.1, -0.05) is 71.9 Å². The van der Waals surface area contributed by atoms with E-state index in [2.05, 4.69) is 52.4 Å². The first-order valence-corrected chi connectivity index (χ1v) is 16.8. The van der Waals surface area contributed by atoms with Crippen molar-refractivity contribution in [1.82, 2.24) is 0 Å². The Hall–Kier alpha value is -2.81. The van der Waals surface area contributed by atoms with E-state index in [0.717, 1.165) is 49.3 Å². The molecule has 3 saturated heterocycles. The molecule has 0 bridgehead atoms. The Kier molecular flexibility index (Phi) is 7.93. The summed E-state index contributed by atoms with van der Waals surface area (Å²) in [5, 5.41) is 0.964. The second kappa shape index (κ2) is 11.6. The lowest BCUT2D eigenvalue weighted by Gasteiger charge is -2.34. The number of sulfone groups is 1. The maximum absolute atomic E-state index is 12.9. The number of hydrogen-bond donors (Lipinski definition) is 0. The molecule has 0 aromatic heterocycles. The van der Waals surface area contributed by atoms with Crippen molar-refractivity contribution in [3.63, 3.8) is 0 Å². The van der Waals surface area contributed by atoms with E-state index in [1.807, 2.05) is 35.2 Å². The molecule has 0 aliphatic carbocycles.